The molecule has 4 rings (SSSR count). The Morgan fingerprint density at radius 2 is 1.92 bits per heavy atom. The van der Waals surface area contributed by atoms with E-state index in [2.05, 4.69) is 14.9 Å². The van der Waals surface area contributed by atoms with E-state index >= 15 is 0 Å². The van der Waals surface area contributed by atoms with E-state index in [9.17, 15) is 14.3 Å². The van der Waals surface area contributed by atoms with Crippen LogP contribution in [0.5, 0.6) is 0 Å². The minimum absolute atomic E-state index is 0.205. The van der Waals surface area contributed by atoms with E-state index in [1.165, 1.54) is 6.07 Å². The number of halogens is 1. The van der Waals surface area contributed by atoms with E-state index in [1.807, 2.05) is 16.3 Å². The Bertz CT molecular complexity index is 940. The smallest absolute Gasteiger partial charge is 0.325 e. The van der Waals surface area contributed by atoms with Gasteiger partial charge < -0.3 is 10.0 Å². The molecule has 3 heterocycles. The lowest BCUT2D eigenvalue weighted by Gasteiger charge is -2.38. The van der Waals surface area contributed by atoms with Crippen molar-refractivity contribution in [2.45, 2.75) is 6.04 Å². The second-order valence-electron chi connectivity index (χ2n) is 6.12. The second kappa shape index (κ2) is 6.97. The van der Waals surface area contributed by atoms with Gasteiger partial charge in [0.15, 0.2) is 0 Å². The third kappa shape index (κ3) is 3.02. The number of carboxylic acids is 1. The molecule has 1 unspecified atom stereocenters. The van der Waals surface area contributed by atoms with Crippen molar-refractivity contribution in [3.8, 4) is 0 Å². The summed E-state index contributed by atoms with van der Waals surface area (Å²) >= 11 is 1.59. The van der Waals surface area contributed by atoms with Crippen LogP contribution in [0.3, 0.4) is 0 Å². The number of rotatable bonds is 4. The van der Waals surface area contributed by atoms with Gasteiger partial charge in [-0.15, -0.1) is 11.3 Å². The van der Waals surface area contributed by atoms with Gasteiger partial charge in [0.1, 0.15) is 24.0 Å². The van der Waals surface area contributed by atoms with Crippen molar-refractivity contribution in [1.82, 2.24) is 14.9 Å². The first-order valence-corrected chi connectivity index (χ1v) is 9.17. The number of nitrogens with zero attached hydrogens (tertiary/aromatic N) is 4. The summed E-state index contributed by atoms with van der Waals surface area (Å²) < 4.78 is 15.2. The van der Waals surface area contributed by atoms with Crippen molar-refractivity contribution in [3.63, 3.8) is 0 Å². The molecule has 1 saturated heterocycles. The van der Waals surface area contributed by atoms with Crippen molar-refractivity contribution < 1.29 is 14.3 Å². The molecule has 134 valence electrons. The van der Waals surface area contributed by atoms with Crippen LogP contribution < -0.4 is 4.90 Å². The first-order valence-electron chi connectivity index (χ1n) is 8.29. The highest BCUT2D eigenvalue weighted by Crippen LogP contribution is 2.30. The molecule has 1 aliphatic heterocycles. The number of thiophene rings is 1. The van der Waals surface area contributed by atoms with E-state index < -0.39 is 17.8 Å². The lowest BCUT2D eigenvalue weighted by atomic mass is 10.0. The molecular weight excluding hydrogens is 355 g/mol. The normalized spacial score (nSPS) is 16.7. The van der Waals surface area contributed by atoms with Crippen LogP contribution in [0.2, 0.25) is 0 Å². The maximum absolute atomic E-state index is 14.1. The number of hydrogen-bond donors (Lipinski definition) is 1. The number of benzene rings is 1. The molecule has 1 fully saturated rings. The Morgan fingerprint density at radius 3 is 2.65 bits per heavy atom. The Kier molecular flexibility index (Phi) is 4.52. The van der Waals surface area contributed by atoms with Crippen molar-refractivity contribution >= 4 is 33.3 Å². The Balaban J connectivity index is 1.55. The summed E-state index contributed by atoms with van der Waals surface area (Å²) in [5.74, 6) is -0.646. The fraction of sp³-hybridized carbons (Fsp3) is 0.278. The molecule has 0 radical (unpaired) electrons. The van der Waals surface area contributed by atoms with Crippen LogP contribution in [0.4, 0.5) is 10.2 Å². The zero-order valence-electron chi connectivity index (χ0n) is 13.9. The van der Waals surface area contributed by atoms with Gasteiger partial charge in [0.25, 0.3) is 0 Å². The number of carbonyl (C=O) groups is 1. The summed E-state index contributed by atoms with van der Waals surface area (Å²) in [5.41, 5.74) is 1.12. The van der Waals surface area contributed by atoms with Crippen molar-refractivity contribution in [1.29, 1.82) is 0 Å². The van der Waals surface area contributed by atoms with Crippen molar-refractivity contribution in [3.05, 3.63) is 53.4 Å². The largest absolute Gasteiger partial charge is 0.480 e. The highest BCUT2D eigenvalue weighted by atomic mass is 32.1. The van der Waals surface area contributed by atoms with Gasteiger partial charge in [-0.05, 0) is 17.5 Å². The number of aliphatic carboxylic acids is 1. The average Bonchev–Trinajstić information content (AvgIpc) is 3.13. The molecule has 0 saturated carbocycles. The lowest BCUT2D eigenvalue weighted by Crippen LogP contribution is -2.49. The number of piperazine rings is 1. The van der Waals surface area contributed by atoms with Gasteiger partial charge in [-0.3, -0.25) is 9.69 Å². The molecule has 1 atom stereocenters. The van der Waals surface area contributed by atoms with Crippen LogP contribution in [0.1, 0.15) is 11.6 Å². The number of anilines is 1. The molecule has 6 nitrogen and oxygen atoms in total. The van der Waals surface area contributed by atoms with Crippen molar-refractivity contribution in [2.75, 3.05) is 31.1 Å². The van der Waals surface area contributed by atoms with Gasteiger partial charge in [0.05, 0.1) is 10.2 Å². The fourth-order valence-electron chi connectivity index (χ4n) is 3.38. The molecule has 26 heavy (non-hydrogen) atoms. The van der Waals surface area contributed by atoms with Gasteiger partial charge in [0.2, 0.25) is 0 Å². The predicted molar refractivity (Wildman–Crippen MR) is 98.0 cm³/mol. The standard InChI is InChI=1S/C18H17FN4O2S/c19-13-4-2-1-3-12(13)15(18(24)25)22-6-8-23(9-7-22)17-16-14(5-10-26-16)20-11-21-17/h1-5,10-11,15H,6-9H2,(H,24,25). The molecule has 3 aromatic rings. The highest BCUT2D eigenvalue weighted by Gasteiger charge is 2.32. The average molecular weight is 372 g/mol. The summed E-state index contributed by atoms with van der Waals surface area (Å²) in [6.07, 6.45) is 1.55. The maximum atomic E-state index is 14.1. The zero-order valence-corrected chi connectivity index (χ0v) is 14.7. The number of aromatic nitrogens is 2. The molecule has 0 amide bonds. The van der Waals surface area contributed by atoms with Gasteiger partial charge in [-0.25, -0.2) is 14.4 Å². The number of fused-ring (bicyclic) bond motifs is 1. The molecule has 0 aliphatic carbocycles. The summed E-state index contributed by atoms with van der Waals surface area (Å²) in [7, 11) is 0. The Hall–Kier alpha value is -2.58. The Morgan fingerprint density at radius 1 is 1.15 bits per heavy atom. The van der Waals surface area contributed by atoms with E-state index in [1.54, 1.807) is 35.9 Å². The Labute approximate surface area is 153 Å². The van der Waals surface area contributed by atoms with Crippen LogP contribution in [0.25, 0.3) is 10.2 Å². The molecule has 2 aromatic heterocycles. The number of carboxylic acid groups (broad SMARTS) is 1. The summed E-state index contributed by atoms with van der Waals surface area (Å²) in [6.45, 7) is 2.29. The topological polar surface area (TPSA) is 69.6 Å². The fourth-order valence-corrected chi connectivity index (χ4v) is 4.24. The summed E-state index contributed by atoms with van der Waals surface area (Å²) in [6, 6.07) is 7.05. The van der Waals surface area contributed by atoms with Crippen LogP contribution in [-0.4, -0.2) is 52.1 Å². The van der Waals surface area contributed by atoms with Crippen molar-refractivity contribution in [2.24, 2.45) is 0 Å². The summed E-state index contributed by atoms with van der Waals surface area (Å²) in [4.78, 5) is 24.4. The van der Waals surface area contributed by atoms with Crippen LogP contribution in [0, 0.1) is 5.82 Å². The predicted octanol–water partition coefficient (Wildman–Crippen LogP) is 2.78. The van der Waals surface area contributed by atoms with E-state index in [0.29, 0.717) is 26.2 Å². The highest BCUT2D eigenvalue weighted by molar-refractivity contribution is 7.17. The van der Waals surface area contributed by atoms with Gasteiger partial charge in [-0.1, -0.05) is 18.2 Å². The molecule has 1 aromatic carbocycles. The van der Waals surface area contributed by atoms with Gasteiger partial charge >= 0.3 is 5.97 Å². The van der Waals surface area contributed by atoms with Crippen LogP contribution in [0.15, 0.2) is 42.0 Å². The van der Waals surface area contributed by atoms with E-state index in [0.717, 1.165) is 16.0 Å². The van der Waals surface area contributed by atoms with Crippen LogP contribution in [-0.2, 0) is 4.79 Å². The first kappa shape index (κ1) is 16.9. The molecule has 0 bridgehead atoms. The lowest BCUT2D eigenvalue weighted by molar-refractivity contribution is -0.143. The maximum Gasteiger partial charge on any atom is 0.325 e. The minimum Gasteiger partial charge on any atom is -0.480 e. The van der Waals surface area contributed by atoms with Crippen LogP contribution >= 0.6 is 11.3 Å². The third-order valence-corrected chi connectivity index (χ3v) is 5.54. The SMILES string of the molecule is O=C(O)C(c1ccccc1F)N1CCN(c2ncnc3ccsc23)CC1. The minimum atomic E-state index is -1.04. The summed E-state index contributed by atoms with van der Waals surface area (Å²) in [5, 5.41) is 11.6. The zero-order chi connectivity index (χ0) is 18.1. The van der Waals surface area contributed by atoms with Gasteiger partial charge in [0, 0.05) is 31.7 Å². The third-order valence-electron chi connectivity index (χ3n) is 4.64. The monoisotopic (exact) mass is 372 g/mol. The molecular formula is C18H17FN4O2S. The molecule has 1 aliphatic rings. The second-order valence-corrected chi connectivity index (χ2v) is 7.03. The first-order chi connectivity index (χ1) is 12.6. The van der Waals surface area contributed by atoms with E-state index in [4.69, 9.17) is 0 Å². The molecule has 0 spiro atoms. The molecule has 1 N–H and O–H groups in total. The quantitative estimate of drug-likeness (QED) is 0.760. The molecule has 8 heteroatoms. The van der Waals surface area contributed by atoms with Gasteiger partial charge in [-0.2, -0.15) is 0 Å². The number of hydrogen-bond acceptors (Lipinski definition) is 6. The van der Waals surface area contributed by atoms with E-state index in [-0.39, 0.29) is 5.56 Å².